The monoisotopic (exact) mass is 969 g/mol. The van der Waals surface area contributed by atoms with E-state index in [9.17, 15) is 14.4 Å². The fourth-order valence-electron chi connectivity index (χ4n) is 7.49. The number of rotatable bonds is 50. The molecule has 1 atom stereocenters. The van der Waals surface area contributed by atoms with Gasteiger partial charge in [-0.1, -0.05) is 239 Å². The van der Waals surface area contributed by atoms with E-state index in [1.165, 1.54) is 70.6 Å². The first-order valence-corrected chi connectivity index (χ1v) is 28.5. The molecule has 0 saturated heterocycles. The third-order valence-corrected chi connectivity index (χ3v) is 11.7. The molecule has 0 aromatic heterocycles. The Balaban J connectivity index is 4.47. The summed E-state index contributed by atoms with van der Waals surface area (Å²) >= 11 is 0. The number of hydrogen-bond donors (Lipinski definition) is 0. The third kappa shape index (κ3) is 54.7. The predicted octanol–water partition coefficient (Wildman–Crippen LogP) is 19.3. The molecule has 0 N–H and O–H groups in total. The van der Waals surface area contributed by atoms with Crippen LogP contribution < -0.4 is 0 Å². The molecule has 1 unspecified atom stereocenters. The van der Waals surface area contributed by atoms with Gasteiger partial charge >= 0.3 is 17.9 Å². The molecule has 0 aliphatic heterocycles. The maximum Gasteiger partial charge on any atom is 0.306 e. The van der Waals surface area contributed by atoms with Gasteiger partial charge < -0.3 is 14.2 Å². The lowest BCUT2D eigenvalue weighted by Gasteiger charge is -2.18. The molecular formula is C64H104O6. The van der Waals surface area contributed by atoms with Gasteiger partial charge in [0.25, 0.3) is 0 Å². The maximum atomic E-state index is 12.8. The zero-order valence-electron chi connectivity index (χ0n) is 45.2. The van der Waals surface area contributed by atoms with Crippen LogP contribution in [0.5, 0.6) is 0 Å². The van der Waals surface area contributed by atoms with Crippen LogP contribution in [0.4, 0.5) is 0 Å². The molecule has 0 heterocycles. The van der Waals surface area contributed by atoms with Crippen molar-refractivity contribution in [2.45, 2.75) is 252 Å². The summed E-state index contributed by atoms with van der Waals surface area (Å²) in [5.41, 5.74) is 0. The van der Waals surface area contributed by atoms with Crippen LogP contribution in [0.15, 0.2) is 122 Å². The molecule has 0 amide bonds. The van der Waals surface area contributed by atoms with Gasteiger partial charge in [0.15, 0.2) is 6.10 Å². The fourth-order valence-corrected chi connectivity index (χ4v) is 7.49. The van der Waals surface area contributed by atoms with E-state index in [2.05, 4.69) is 142 Å². The SMILES string of the molecule is CC/C=C\C/C=C\C/C=C\C/C=C\C/C=C\C/C=C\CCCCCCC(=O)OCC(COC(=O)CCCCCCCCCCCCCCCC)OC(=O)CCCC/C=C\C/C=C\C/C=C\C/C=C\CC. The van der Waals surface area contributed by atoms with Crippen molar-refractivity contribution in [1.82, 2.24) is 0 Å². The lowest BCUT2D eigenvalue weighted by Crippen LogP contribution is -2.30. The van der Waals surface area contributed by atoms with Crippen LogP contribution in [0, 0.1) is 0 Å². The van der Waals surface area contributed by atoms with Gasteiger partial charge in [0.2, 0.25) is 0 Å². The van der Waals surface area contributed by atoms with Crippen LogP contribution in [0.1, 0.15) is 245 Å². The second-order valence-corrected chi connectivity index (χ2v) is 18.4. The molecule has 0 radical (unpaired) electrons. The van der Waals surface area contributed by atoms with Crippen molar-refractivity contribution >= 4 is 17.9 Å². The van der Waals surface area contributed by atoms with E-state index in [1.54, 1.807) is 0 Å². The first kappa shape index (κ1) is 65.8. The van der Waals surface area contributed by atoms with Crippen LogP contribution in [0.25, 0.3) is 0 Å². The zero-order chi connectivity index (χ0) is 50.7. The van der Waals surface area contributed by atoms with Crippen LogP contribution in [-0.2, 0) is 28.6 Å². The molecule has 396 valence electrons. The van der Waals surface area contributed by atoms with Gasteiger partial charge in [0, 0.05) is 19.3 Å². The average Bonchev–Trinajstić information content (AvgIpc) is 3.36. The molecule has 0 bridgehead atoms. The Morgan fingerprint density at radius 3 is 0.900 bits per heavy atom. The summed E-state index contributed by atoms with van der Waals surface area (Å²) in [6, 6.07) is 0. The van der Waals surface area contributed by atoms with Gasteiger partial charge in [-0.2, -0.15) is 0 Å². The first-order valence-electron chi connectivity index (χ1n) is 28.5. The van der Waals surface area contributed by atoms with E-state index >= 15 is 0 Å². The number of esters is 3. The van der Waals surface area contributed by atoms with Crippen LogP contribution >= 0.6 is 0 Å². The Labute approximate surface area is 431 Å². The van der Waals surface area contributed by atoms with Gasteiger partial charge in [-0.15, -0.1) is 0 Å². The molecule has 0 aliphatic rings. The Bertz CT molecular complexity index is 1490. The second-order valence-electron chi connectivity index (χ2n) is 18.4. The Hall–Kier alpha value is -4.19. The lowest BCUT2D eigenvalue weighted by molar-refractivity contribution is -0.167. The van der Waals surface area contributed by atoms with Crippen LogP contribution in [0.3, 0.4) is 0 Å². The quantitative estimate of drug-likeness (QED) is 0.0262. The van der Waals surface area contributed by atoms with Crippen molar-refractivity contribution in [3.05, 3.63) is 122 Å². The molecule has 0 rings (SSSR count). The van der Waals surface area contributed by atoms with E-state index in [0.29, 0.717) is 19.3 Å². The minimum Gasteiger partial charge on any atom is -0.462 e. The van der Waals surface area contributed by atoms with Crippen molar-refractivity contribution in [1.29, 1.82) is 0 Å². The van der Waals surface area contributed by atoms with E-state index in [-0.39, 0.29) is 37.5 Å². The summed E-state index contributed by atoms with van der Waals surface area (Å²) in [5, 5.41) is 0. The minimum absolute atomic E-state index is 0.104. The molecular weight excluding hydrogens is 865 g/mol. The number of ether oxygens (including phenoxy) is 3. The number of carbonyl (C=O) groups excluding carboxylic acids is 3. The highest BCUT2D eigenvalue weighted by molar-refractivity contribution is 5.71. The van der Waals surface area contributed by atoms with Crippen LogP contribution in [0.2, 0.25) is 0 Å². The number of unbranched alkanes of at least 4 members (excludes halogenated alkanes) is 19. The normalized spacial score (nSPS) is 13.0. The van der Waals surface area contributed by atoms with E-state index in [1.807, 2.05) is 0 Å². The lowest BCUT2D eigenvalue weighted by atomic mass is 10.0. The minimum atomic E-state index is -0.813. The number of carbonyl (C=O) groups is 3. The summed E-state index contributed by atoms with van der Waals surface area (Å²) in [5.74, 6) is -0.973. The molecule has 70 heavy (non-hydrogen) atoms. The average molecular weight is 970 g/mol. The molecule has 0 aromatic carbocycles. The molecule has 0 aromatic rings. The van der Waals surface area contributed by atoms with Gasteiger partial charge in [-0.25, -0.2) is 0 Å². The van der Waals surface area contributed by atoms with E-state index in [0.717, 1.165) is 128 Å². The maximum absolute atomic E-state index is 12.8. The largest absolute Gasteiger partial charge is 0.462 e. The van der Waals surface area contributed by atoms with Crippen molar-refractivity contribution in [3.8, 4) is 0 Å². The third-order valence-electron chi connectivity index (χ3n) is 11.7. The van der Waals surface area contributed by atoms with Gasteiger partial charge in [0.1, 0.15) is 13.2 Å². The fraction of sp³-hybridized carbons (Fsp3) is 0.641. The second kappa shape index (κ2) is 57.4. The first-order chi connectivity index (χ1) is 34.5. The zero-order valence-corrected chi connectivity index (χ0v) is 45.2. The highest BCUT2D eigenvalue weighted by Crippen LogP contribution is 2.15. The molecule has 0 saturated carbocycles. The topological polar surface area (TPSA) is 78.9 Å². The summed E-state index contributed by atoms with van der Waals surface area (Å²) < 4.78 is 16.8. The molecule has 6 nitrogen and oxygen atoms in total. The van der Waals surface area contributed by atoms with Crippen molar-refractivity contribution in [2.24, 2.45) is 0 Å². The Kier molecular flexibility index (Phi) is 54.0. The highest BCUT2D eigenvalue weighted by Gasteiger charge is 2.19. The number of hydrogen-bond acceptors (Lipinski definition) is 6. The molecule has 6 heteroatoms. The standard InChI is InChI=1S/C64H104O6/c1-4-7-10-13-16-19-22-25-28-29-30-31-32-33-34-35-37-39-42-45-48-51-54-57-63(66)69-60-61(59-68-62(65)56-53-50-47-44-41-38-27-24-21-18-15-12-9-6-3)70-64(67)58-55-52-49-46-43-40-36-26-23-20-17-14-11-8-5-2/h7-8,10-11,16-17,19-20,25-26,28,30-31,33-34,36-37,39,43,46,61H,4-6,9,12-15,18,21-24,27,29,32,35,38,40-42,44-45,47-60H2,1-3H3/b10-7-,11-8-,19-16-,20-17-,28-25-,31-30-,34-33-,36-26-,39-37-,46-43-. The molecule has 0 fully saturated rings. The highest BCUT2D eigenvalue weighted by atomic mass is 16.6. The summed E-state index contributed by atoms with van der Waals surface area (Å²) in [4.78, 5) is 38.1. The molecule has 0 spiro atoms. The van der Waals surface area contributed by atoms with Gasteiger partial charge in [-0.3, -0.25) is 14.4 Å². The Morgan fingerprint density at radius 2 is 0.557 bits per heavy atom. The van der Waals surface area contributed by atoms with Crippen molar-refractivity contribution in [2.75, 3.05) is 13.2 Å². The smallest absolute Gasteiger partial charge is 0.306 e. The van der Waals surface area contributed by atoms with Crippen molar-refractivity contribution < 1.29 is 28.6 Å². The summed E-state index contributed by atoms with van der Waals surface area (Å²) in [6.07, 6.45) is 79.0. The van der Waals surface area contributed by atoms with E-state index in [4.69, 9.17) is 14.2 Å². The Morgan fingerprint density at radius 1 is 0.300 bits per heavy atom. The van der Waals surface area contributed by atoms with Crippen molar-refractivity contribution in [3.63, 3.8) is 0 Å². The van der Waals surface area contributed by atoms with E-state index < -0.39 is 6.10 Å². The van der Waals surface area contributed by atoms with Gasteiger partial charge in [0.05, 0.1) is 0 Å². The van der Waals surface area contributed by atoms with Gasteiger partial charge in [-0.05, 0) is 109 Å². The predicted molar refractivity (Wildman–Crippen MR) is 302 cm³/mol. The van der Waals surface area contributed by atoms with Crippen LogP contribution in [-0.4, -0.2) is 37.2 Å². The summed E-state index contributed by atoms with van der Waals surface area (Å²) in [7, 11) is 0. The summed E-state index contributed by atoms with van der Waals surface area (Å²) in [6.45, 7) is 6.35. The molecule has 0 aliphatic carbocycles. The number of allylic oxidation sites excluding steroid dienone is 20.